The first-order chi connectivity index (χ1) is 19.9. The second-order valence-corrected chi connectivity index (χ2v) is 11.7. The molecule has 9 heteroatoms. The fourth-order valence-corrected chi connectivity index (χ4v) is 4.16. The predicted octanol–water partition coefficient (Wildman–Crippen LogP) is 5.61. The van der Waals surface area contributed by atoms with Crippen LogP contribution in [0, 0.1) is 5.41 Å². The maximum atomic E-state index is 12.5. The SMILES string of the molecule is CCC(O)COCC(C)(COCC(O)CC)COCC(CC)OC(=O)Oc1ccc(C(C)(C)c2ccc(O)cc2)cc1. The zero-order valence-electron chi connectivity index (χ0n) is 26.0. The van der Waals surface area contributed by atoms with Gasteiger partial charge < -0.3 is 39.0 Å². The number of ether oxygens (including phenoxy) is 5. The highest BCUT2D eigenvalue weighted by molar-refractivity contribution is 5.64. The van der Waals surface area contributed by atoms with Crippen LogP contribution in [-0.2, 0) is 24.4 Å². The Hall–Kier alpha value is -2.69. The van der Waals surface area contributed by atoms with Gasteiger partial charge in [-0.2, -0.15) is 0 Å². The molecule has 0 aliphatic rings. The molecule has 2 aromatic carbocycles. The number of rotatable bonds is 19. The van der Waals surface area contributed by atoms with Gasteiger partial charge in [0.15, 0.2) is 0 Å². The first kappa shape index (κ1) is 35.5. The highest BCUT2D eigenvalue weighted by Crippen LogP contribution is 2.33. The molecule has 3 unspecified atom stereocenters. The minimum Gasteiger partial charge on any atom is -0.508 e. The Morgan fingerprint density at radius 2 is 1.17 bits per heavy atom. The van der Waals surface area contributed by atoms with E-state index in [1.54, 1.807) is 24.3 Å². The number of phenolic OH excluding ortho intramolecular Hbond substituents is 1. The molecule has 0 saturated heterocycles. The van der Waals surface area contributed by atoms with Crippen LogP contribution in [0.25, 0.3) is 0 Å². The van der Waals surface area contributed by atoms with Crippen molar-refractivity contribution in [2.45, 2.75) is 84.5 Å². The summed E-state index contributed by atoms with van der Waals surface area (Å²) < 4.78 is 28.3. The molecular formula is C33H50O9. The molecule has 0 amide bonds. The summed E-state index contributed by atoms with van der Waals surface area (Å²) in [7, 11) is 0. The second kappa shape index (κ2) is 17.4. The summed E-state index contributed by atoms with van der Waals surface area (Å²) in [6.07, 6.45) is -0.676. The Balaban J connectivity index is 1.89. The van der Waals surface area contributed by atoms with E-state index in [1.807, 2.05) is 52.0 Å². The molecule has 3 atom stereocenters. The molecule has 9 nitrogen and oxygen atoms in total. The summed E-state index contributed by atoms with van der Waals surface area (Å²) in [4.78, 5) is 12.5. The lowest BCUT2D eigenvalue weighted by Crippen LogP contribution is -2.37. The van der Waals surface area contributed by atoms with E-state index in [0.717, 1.165) is 11.1 Å². The molecule has 0 heterocycles. The molecule has 2 aromatic rings. The van der Waals surface area contributed by atoms with Crippen molar-refractivity contribution in [3.8, 4) is 11.5 Å². The third-order valence-electron chi connectivity index (χ3n) is 7.30. The van der Waals surface area contributed by atoms with Gasteiger partial charge in [-0.15, -0.1) is 0 Å². The molecule has 0 bridgehead atoms. The van der Waals surface area contributed by atoms with Gasteiger partial charge >= 0.3 is 6.16 Å². The van der Waals surface area contributed by atoms with E-state index in [9.17, 15) is 20.1 Å². The number of hydrogen-bond acceptors (Lipinski definition) is 9. The molecule has 0 saturated carbocycles. The van der Waals surface area contributed by atoms with Crippen LogP contribution >= 0.6 is 0 Å². The van der Waals surface area contributed by atoms with Crippen LogP contribution in [0.3, 0.4) is 0 Å². The molecule has 0 fully saturated rings. The maximum Gasteiger partial charge on any atom is 0.514 e. The molecule has 0 aromatic heterocycles. The number of carbonyl (C=O) groups excluding carboxylic acids is 1. The molecule has 0 aliphatic carbocycles. The summed E-state index contributed by atoms with van der Waals surface area (Å²) in [5.74, 6) is 0.586. The van der Waals surface area contributed by atoms with Crippen LogP contribution < -0.4 is 4.74 Å². The molecule has 0 radical (unpaired) electrons. The molecule has 3 N–H and O–H groups in total. The van der Waals surface area contributed by atoms with E-state index in [0.29, 0.717) is 38.2 Å². The van der Waals surface area contributed by atoms with Crippen molar-refractivity contribution < 1.29 is 43.8 Å². The largest absolute Gasteiger partial charge is 0.514 e. The fraction of sp³-hybridized carbons (Fsp3) is 0.606. The van der Waals surface area contributed by atoms with Gasteiger partial charge in [0, 0.05) is 10.8 Å². The Bertz CT molecular complexity index is 1020. The Morgan fingerprint density at radius 3 is 1.62 bits per heavy atom. The van der Waals surface area contributed by atoms with Crippen molar-refractivity contribution in [1.29, 1.82) is 0 Å². The normalized spacial score (nSPS) is 15.4. The van der Waals surface area contributed by atoms with Crippen molar-refractivity contribution >= 4 is 6.16 Å². The molecule has 0 aliphatic heterocycles. The van der Waals surface area contributed by atoms with E-state index in [1.165, 1.54) is 0 Å². The quantitative estimate of drug-likeness (QED) is 0.141. The first-order valence-corrected chi connectivity index (χ1v) is 14.8. The summed E-state index contributed by atoms with van der Waals surface area (Å²) in [5.41, 5.74) is 1.23. The van der Waals surface area contributed by atoms with E-state index in [2.05, 4.69) is 13.8 Å². The third kappa shape index (κ3) is 11.9. The summed E-state index contributed by atoms with van der Waals surface area (Å²) in [5, 5.41) is 29.2. The van der Waals surface area contributed by atoms with Crippen LogP contribution in [0.2, 0.25) is 0 Å². The second-order valence-electron chi connectivity index (χ2n) is 11.7. The molecular weight excluding hydrogens is 540 g/mol. The van der Waals surface area contributed by atoms with Gasteiger partial charge in [-0.05, 0) is 54.7 Å². The topological polar surface area (TPSA) is 124 Å². The van der Waals surface area contributed by atoms with Crippen LogP contribution in [-0.4, -0.2) is 79.4 Å². The van der Waals surface area contributed by atoms with Gasteiger partial charge in [-0.25, -0.2) is 4.79 Å². The van der Waals surface area contributed by atoms with Crippen molar-refractivity contribution in [3.63, 3.8) is 0 Å². The number of aliphatic hydroxyl groups is 2. The Morgan fingerprint density at radius 1 is 0.714 bits per heavy atom. The van der Waals surface area contributed by atoms with Crippen molar-refractivity contribution in [2.75, 3.05) is 39.6 Å². The van der Waals surface area contributed by atoms with Crippen molar-refractivity contribution in [1.82, 2.24) is 0 Å². The minimum absolute atomic E-state index is 0.163. The number of carbonyl (C=O) groups is 1. The zero-order valence-corrected chi connectivity index (χ0v) is 26.0. The van der Waals surface area contributed by atoms with Gasteiger partial charge in [0.2, 0.25) is 0 Å². The van der Waals surface area contributed by atoms with Gasteiger partial charge in [0.05, 0.1) is 51.8 Å². The predicted molar refractivity (Wildman–Crippen MR) is 161 cm³/mol. The monoisotopic (exact) mass is 590 g/mol. The number of benzene rings is 2. The Kier molecular flexibility index (Phi) is 14.7. The molecule has 0 spiro atoms. The van der Waals surface area contributed by atoms with Crippen LogP contribution in [0.15, 0.2) is 48.5 Å². The van der Waals surface area contributed by atoms with Gasteiger partial charge in [0.1, 0.15) is 17.6 Å². The van der Waals surface area contributed by atoms with E-state index >= 15 is 0 Å². The number of aliphatic hydroxyl groups excluding tert-OH is 2. The fourth-order valence-electron chi connectivity index (χ4n) is 4.16. The molecule has 42 heavy (non-hydrogen) atoms. The minimum atomic E-state index is -0.812. The van der Waals surface area contributed by atoms with Crippen LogP contribution in [0.5, 0.6) is 11.5 Å². The van der Waals surface area contributed by atoms with Crippen molar-refractivity contribution in [2.24, 2.45) is 5.41 Å². The highest BCUT2D eigenvalue weighted by atomic mass is 16.7. The summed E-state index contributed by atoms with van der Waals surface area (Å²) in [6, 6.07) is 14.4. The van der Waals surface area contributed by atoms with E-state index < -0.39 is 29.9 Å². The lowest BCUT2D eigenvalue weighted by Gasteiger charge is -2.30. The average molecular weight is 591 g/mol. The third-order valence-corrected chi connectivity index (χ3v) is 7.30. The van der Waals surface area contributed by atoms with Crippen LogP contribution in [0.4, 0.5) is 4.79 Å². The van der Waals surface area contributed by atoms with Gasteiger partial charge in [-0.1, -0.05) is 65.8 Å². The maximum absolute atomic E-state index is 12.5. The van der Waals surface area contributed by atoms with Crippen molar-refractivity contribution in [3.05, 3.63) is 59.7 Å². The first-order valence-electron chi connectivity index (χ1n) is 14.8. The number of phenols is 1. The average Bonchev–Trinajstić information content (AvgIpc) is 2.96. The van der Waals surface area contributed by atoms with Gasteiger partial charge in [-0.3, -0.25) is 0 Å². The van der Waals surface area contributed by atoms with E-state index in [4.69, 9.17) is 23.7 Å². The standard InChI is InChI=1S/C33H50O9/c1-7-26(34)18-38-21-33(6,22-39-19-27(35)8-2)23-40-20-29(9-3)41-31(37)42-30-16-12-25(13-17-30)32(4,5)24-10-14-28(36)15-11-24/h10-17,26-27,29,34-36H,7-9,18-23H2,1-6H3. The zero-order chi connectivity index (χ0) is 31.2. The lowest BCUT2D eigenvalue weighted by atomic mass is 9.78. The summed E-state index contributed by atoms with van der Waals surface area (Å²) in [6.45, 7) is 13.2. The van der Waals surface area contributed by atoms with Crippen LogP contribution in [0.1, 0.15) is 71.9 Å². The molecule has 236 valence electrons. The highest BCUT2D eigenvalue weighted by Gasteiger charge is 2.28. The number of hydrogen-bond donors (Lipinski definition) is 3. The number of aromatic hydroxyl groups is 1. The van der Waals surface area contributed by atoms with Gasteiger partial charge in [0.25, 0.3) is 0 Å². The van der Waals surface area contributed by atoms with E-state index in [-0.39, 0.29) is 37.6 Å². The lowest BCUT2D eigenvalue weighted by molar-refractivity contribution is -0.0932. The summed E-state index contributed by atoms with van der Waals surface area (Å²) >= 11 is 0. The Labute approximate surface area is 250 Å². The smallest absolute Gasteiger partial charge is 0.508 e. The molecule has 2 rings (SSSR count).